The minimum absolute atomic E-state index is 0.0285. The number of likely N-dealkylation sites (tertiary alicyclic amines) is 1. The average molecular weight is 305 g/mol. The Morgan fingerprint density at radius 1 is 1.24 bits per heavy atom. The molecule has 0 saturated carbocycles. The summed E-state index contributed by atoms with van der Waals surface area (Å²) in [7, 11) is 0. The maximum absolute atomic E-state index is 12.9. The van der Waals surface area contributed by atoms with Gasteiger partial charge in [0.15, 0.2) is 0 Å². The van der Waals surface area contributed by atoms with Crippen molar-refractivity contribution in [2.45, 2.75) is 37.0 Å². The van der Waals surface area contributed by atoms with E-state index in [2.05, 4.69) is 6.07 Å². The van der Waals surface area contributed by atoms with Crippen LogP contribution in [0.15, 0.2) is 24.3 Å². The molecule has 2 heterocycles. The van der Waals surface area contributed by atoms with E-state index in [9.17, 15) is 14.7 Å². The minimum atomic E-state index is -0.878. The molecule has 0 aliphatic carbocycles. The molecule has 1 saturated heterocycles. The van der Waals surface area contributed by atoms with E-state index >= 15 is 0 Å². The van der Waals surface area contributed by atoms with Crippen LogP contribution >= 0.6 is 11.8 Å². The molecule has 1 aromatic carbocycles. The van der Waals surface area contributed by atoms with Crippen LogP contribution in [0.4, 0.5) is 0 Å². The third-order valence-electron chi connectivity index (χ3n) is 4.29. The topological polar surface area (TPSA) is 57.6 Å². The fourth-order valence-corrected chi connectivity index (χ4v) is 4.46. The van der Waals surface area contributed by atoms with Crippen molar-refractivity contribution >= 4 is 23.6 Å². The van der Waals surface area contributed by atoms with Crippen molar-refractivity contribution in [2.24, 2.45) is 0 Å². The molecule has 2 atom stereocenters. The highest BCUT2D eigenvalue weighted by molar-refractivity contribution is 8.00. The monoisotopic (exact) mass is 305 g/mol. The molecule has 1 aromatic rings. The summed E-state index contributed by atoms with van der Waals surface area (Å²) in [6, 6.07) is 7.37. The van der Waals surface area contributed by atoms with Crippen molar-refractivity contribution in [3.05, 3.63) is 35.4 Å². The predicted molar refractivity (Wildman–Crippen MR) is 82.3 cm³/mol. The van der Waals surface area contributed by atoms with Crippen LogP contribution in [-0.4, -0.2) is 40.2 Å². The summed E-state index contributed by atoms with van der Waals surface area (Å²) in [6.07, 6.45) is 3.33. The molecule has 2 aliphatic rings. The predicted octanol–water partition coefficient (Wildman–Crippen LogP) is 2.48. The van der Waals surface area contributed by atoms with Crippen molar-refractivity contribution in [3.8, 4) is 0 Å². The molecule has 5 heteroatoms. The number of thioether (sulfide) groups is 1. The Hall–Kier alpha value is -1.49. The number of carbonyl (C=O) groups excluding carboxylic acids is 1. The quantitative estimate of drug-likeness (QED) is 0.912. The lowest BCUT2D eigenvalue weighted by molar-refractivity contribution is -0.151. The van der Waals surface area contributed by atoms with Crippen LogP contribution in [-0.2, 0) is 16.0 Å². The number of amides is 1. The number of fused-ring (bicyclic) bond motifs is 1. The molecule has 1 amide bonds. The van der Waals surface area contributed by atoms with Crippen LogP contribution in [0.25, 0.3) is 0 Å². The number of nitrogens with zero attached hydrogens (tertiary/aromatic N) is 1. The molecule has 0 radical (unpaired) electrons. The maximum atomic E-state index is 12.9. The smallest absolute Gasteiger partial charge is 0.326 e. The van der Waals surface area contributed by atoms with E-state index in [-0.39, 0.29) is 11.2 Å². The first-order chi connectivity index (χ1) is 10.2. The summed E-state index contributed by atoms with van der Waals surface area (Å²) in [5.41, 5.74) is 2.28. The second-order valence-electron chi connectivity index (χ2n) is 5.58. The van der Waals surface area contributed by atoms with Gasteiger partial charge in [0.2, 0.25) is 5.91 Å². The second-order valence-corrected chi connectivity index (χ2v) is 6.79. The zero-order valence-electron chi connectivity index (χ0n) is 11.8. The lowest BCUT2D eigenvalue weighted by atomic mass is 9.98. The molecular weight excluding hydrogens is 286 g/mol. The molecule has 112 valence electrons. The number of hydrogen-bond donors (Lipinski definition) is 1. The molecule has 4 nitrogen and oxygen atoms in total. The SMILES string of the molecule is O=C(O)[C@H]1CCCCN1C(=O)C1SCCc2ccccc21. The number of piperidine rings is 1. The number of benzene rings is 1. The summed E-state index contributed by atoms with van der Waals surface area (Å²) >= 11 is 1.64. The molecule has 0 aromatic heterocycles. The number of carbonyl (C=O) groups is 2. The first-order valence-electron chi connectivity index (χ1n) is 7.41. The van der Waals surface area contributed by atoms with Crippen molar-refractivity contribution in [1.82, 2.24) is 4.90 Å². The van der Waals surface area contributed by atoms with E-state index < -0.39 is 12.0 Å². The van der Waals surface area contributed by atoms with Gasteiger partial charge in [-0.25, -0.2) is 4.79 Å². The third kappa shape index (κ3) is 2.79. The van der Waals surface area contributed by atoms with E-state index in [1.165, 1.54) is 5.56 Å². The van der Waals surface area contributed by atoms with Gasteiger partial charge in [-0.2, -0.15) is 0 Å². The Kier molecular flexibility index (Phi) is 4.19. The standard InChI is InChI=1S/C16H19NO3S/c18-15(17-9-4-3-7-13(17)16(19)20)14-12-6-2-1-5-11(12)8-10-21-14/h1-2,5-6,13-14H,3-4,7-10H2,(H,19,20)/t13-,14?/m1/s1. The number of carboxylic acids is 1. The highest BCUT2D eigenvalue weighted by atomic mass is 32.2. The van der Waals surface area contributed by atoms with Crippen molar-refractivity contribution in [2.75, 3.05) is 12.3 Å². The van der Waals surface area contributed by atoms with E-state index in [1.807, 2.05) is 18.2 Å². The van der Waals surface area contributed by atoms with Crippen LogP contribution in [0.3, 0.4) is 0 Å². The number of aryl methyl sites for hydroxylation is 1. The summed E-state index contributed by atoms with van der Waals surface area (Å²) in [4.78, 5) is 25.9. The maximum Gasteiger partial charge on any atom is 0.326 e. The lowest BCUT2D eigenvalue weighted by Crippen LogP contribution is -2.49. The highest BCUT2D eigenvalue weighted by Crippen LogP contribution is 2.39. The first kappa shape index (κ1) is 14.4. The van der Waals surface area contributed by atoms with E-state index in [1.54, 1.807) is 16.7 Å². The van der Waals surface area contributed by atoms with Crippen LogP contribution in [0, 0.1) is 0 Å². The summed E-state index contributed by atoms with van der Waals surface area (Å²) in [6.45, 7) is 0.565. The molecule has 1 fully saturated rings. The summed E-state index contributed by atoms with van der Waals surface area (Å²) < 4.78 is 0. The first-order valence-corrected chi connectivity index (χ1v) is 8.46. The van der Waals surface area contributed by atoms with Crippen LogP contribution in [0.2, 0.25) is 0 Å². The van der Waals surface area contributed by atoms with Gasteiger partial charge >= 0.3 is 5.97 Å². The fourth-order valence-electron chi connectivity index (χ4n) is 3.20. The zero-order chi connectivity index (χ0) is 14.8. The Morgan fingerprint density at radius 3 is 2.86 bits per heavy atom. The summed E-state index contributed by atoms with van der Waals surface area (Å²) in [5, 5.41) is 9.11. The van der Waals surface area contributed by atoms with Gasteiger partial charge in [0, 0.05) is 6.54 Å². The van der Waals surface area contributed by atoms with Gasteiger partial charge < -0.3 is 10.0 Å². The molecule has 2 aliphatic heterocycles. The van der Waals surface area contributed by atoms with Crippen molar-refractivity contribution < 1.29 is 14.7 Å². The van der Waals surface area contributed by atoms with Gasteiger partial charge in [-0.3, -0.25) is 4.79 Å². The molecule has 0 spiro atoms. The van der Waals surface area contributed by atoms with Gasteiger partial charge in [0.25, 0.3) is 0 Å². The Balaban J connectivity index is 1.86. The van der Waals surface area contributed by atoms with Gasteiger partial charge in [0.1, 0.15) is 11.3 Å². The van der Waals surface area contributed by atoms with Crippen LogP contribution in [0.5, 0.6) is 0 Å². The molecule has 1 N–H and O–H groups in total. The normalized spacial score (nSPS) is 25.2. The zero-order valence-corrected chi connectivity index (χ0v) is 12.6. The molecule has 1 unspecified atom stereocenters. The van der Waals surface area contributed by atoms with Crippen LogP contribution in [0.1, 0.15) is 35.6 Å². The van der Waals surface area contributed by atoms with E-state index in [0.29, 0.717) is 13.0 Å². The van der Waals surface area contributed by atoms with Crippen molar-refractivity contribution in [3.63, 3.8) is 0 Å². The lowest BCUT2D eigenvalue weighted by Gasteiger charge is -2.36. The van der Waals surface area contributed by atoms with E-state index in [4.69, 9.17) is 0 Å². The number of rotatable bonds is 2. The molecule has 21 heavy (non-hydrogen) atoms. The van der Waals surface area contributed by atoms with E-state index in [0.717, 1.165) is 30.6 Å². The molecule has 0 bridgehead atoms. The summed E-state index contributed by atoms with van der Waals surface area (Å²) in [5.74, 6) is 0.00956. The fraction of sp³-hybridized carbons (Fsp3) is 0.500. The Bertz CT molecular complexity index is 560. The number of hydrogen-bond acceptors (Lipinski definition) is 3. The average Bonchev–Trinajstić information content (AvgIpc) is 2.53. The largest absolute Gasteiger partial charge is 0.480 e. The Morgan fingerprint density at radius 2 is 2.05 bits per heavy atom. The molecule has 3 rings (SSSR count). The third-order valence-corrected chi connectivity index (χ3v) is 5.52. The van der Waals surface area contributed by atoms with Gasteiger partial charge in [-0.05, 0) is 42.6 Å². The van der Waals surface area contributed by atoms with Gasteiger partial charge in [0.05, 0.1) is 0 Å². The Labute approximate surface area is 128 Å². The van der Waals surface area contributed by atoms with Crippen LogP contribution < -0.4 is 0 Å². The van der Waals surface area contributed by atoms with Crippen molar-refractivity contribution in [1.29, 1.82) is 0 Å². The number of carboxylic acid groups (broad SMARTS) is 1. The van der Waals surface area contributed by atoms with Gasteiger partial charge in [-0.1, -0.05) is 24.3 Å². The molecular formula is C16H19NO3S. The minimum Gasteiger partial charge on any atom is -0.480 e. The van der Waals surface area contributed by atoms with Gasteiger partial charge in [-0.15, -0.1) is 11.8 Å². The number of aliphatic carboxylic acids is 1. The second kappa shape index (κ2) is 6.10. The highest BCUT2D eigenvalue weighted by Gasteiger charge is 2.37.